The van der Waals surface area contributed by atoms with Crippen molar-refractivity contribution in [3.8, 4) is 0 Å². The zero-order chi connectivity index (χ0) is 66.9. The van der Waals surface area contributed by atoms with Crippen LogP contribution in [0.1, 0.15) is 98.8 Å². The van der Waals surface area contributed by atoms with Crippen molar-refractivity contribution in [3.05, 3.63) is 0 Å². The largest absolute Gasteiger partial charge is 0.490 e. The van der Waals surface area contributed by atoms with Crippen molar-refractivity contribution in [1.29, 1.82) is 0 Å². The molecule has 1 fully saturated rings. The third kappa shape index (κ3) is 31.8. The molecule has 0 bridgehead atoms. The van der Waals surface area contributed by atoms with Crippen LogP contribution in [0.2, 0.25) is 0 Å². The fourth-order valence-electron chi connectivity index (χ4n) is 7.78. The topological polar surface area (TPSA) is 546 Å². The summed E-state index contributed by atoms with van der Waals surface area (Å²) < 4.78 is 31.7. The Hall–Kier alpha value is -8.03. The van der Waals surface area contributed by atoms with Crippen molar-refractivity contribution in [1.82, 2.24) is 63.0 Å². The van der Waals surface area contributed by atoms with Gasteiger partial charge in [-0.05, 0) is 120 Å². The van der Waals surface area contributed by atoms with Gasteiger partial charge in [0.25, 0.3) is 0 Å². The average molecular weight is 1260 g/mol. The zero-order valence-electron chi connectivity index (χ0n) is 49.8. The second kappa shape index (κ2) is 40.4. The van der Waals surface area contributed by atoms with Gasteiger partial charge in [-0.1, -0.05) is 6.42 Å². The van der Waals surface area contributed by atoms with E-state index in [0.29, 0.717) is 51.6 Å². The Labute approximate surface area is 500 Å². The zero-order valence-corrected chi connectivity index (χ0v) is 49.8. The molecule has 1 rings (SSSR count). The number of hydrogen-bond acceptors (Lipinski definition) is 19. The molecule has 1 aliphatic heterocycles. The Morgan fingerprint density at radius 1 is 0.621 bits per heavy atom. The van der Waals surface area contributed by atoms with Crippen molar-refractivity contribution in [2.75, 3.05) is 60.0 Å². The number of aliphatic carboxylic acids is 2. The maximum atomic E-state index is 14.0. The van der Waals surface area contributed by atoms with Crippen molar-refractivity contribution in [3.63, 3.8) is 0 Å². The smallest absolute Gasteiger partial charge is 0.480 e. The summed E-state index contributed by atoms with van der Waals surface area (Å²) in [6, 6.07) is -13.0. The number of aliphatic hydroxyl groups is 2. The maximum Gasteiger partial charge on any atom is 0.490 e. The molecule has 0 unspecified atom stereocenters. The highest BCUT2D eigenvalue weighted by Gasteiger charge is 2.40. The van der Waals surface area contributed by atoms with Gasteiger partial charge in [-0.25, -0.2) is 4.79 Å². The summed E-state index contributed by atoms with van der Waals surface area (Å²) in [5.74, 6) is -13.5. The number of guanidine groups is 1. The number of rotatable bonds is 37. The lowest BCUT2D eigenvalue weighted by Gasteiger charge is -2.29. The van der Waals surface area contributed by atoms with Crippen molar-refractivity contribution >= 4 is 82.9 Å². The van der Waals surface area contributed by atoms with E-state index in [4.69, 9.17) is 37.9 Å². The number of carboxylic acids is 2. The standard InChI is InChI=1S/C48H87N17O15.C2HF3O2/c1-25(57-41(74)30(50)14-8-10-18-49)38(71)56-26(2)39(72)60-32(16-12-19-53-48(51)52)42(75)61-31(15-9-11-20-64(6)7)43(76)62-33(24-66)44(77)59-28(4)47(80)65-21-13-17-34(65)45(78)58-27(3)40(73)63-37(29(5)67)46(79)55-22-35(68)54-23-36(69)70;3-2(4,5)1(6)7/h25-34,37,66-67H,8-24,49-50H2,1-7H3,(H,54,68)(H,55,79)(H,56,71)(H,57,74)(H,58,78)(H,59,77)(H,60,72)(H,61,75)(H,62,76)(H,63,73)(H,69,70)(H4,51,52,53);(H,6,7)/t25-,26-,27-,28-,29+,30-,31-,32-,33-,34-,37-;/m0./s1. The molecule has 1 aliphatic rings. The van der Waals surface area contributed by atoms with Crippen LogP contribution in [0.15, 0.2) is 4.99 Å². The second-order valence-corrected chi connectivity index (χ2v) is 20.5. The highest BCUT2D eigenvalue weighted by Crippen LogP contribution is 2.19. The number of nitrogens with zero attached hydrogens (tertiary/aromatic N) is 3. The van der Waals surface area contributed by atoms with E-state index in [0.717, 1.165) is 0 Å². The molecule has 496 valence electrons. The van der Waals surface area contributed by atoms with Gasteiger partial charge in [0.15, 0.2) is 5.96 Å². The van der Waals surface area contributed by atoms with Gasteiger partial charge in [0.1, 0.15) is 60.9 Å². The number of unbranched alkanes of at least 4 members (excludes halogenated alkanes) is 2. The van der Waals surface area contributed by atoms with E-state index in [1.165, 1.54) is 39.5 Å². The van der Waals surface area contributed by atoms with Gasteiger partial charge in [-0.15, -0.1) is 0 Å². The van der Waals surface area contributed by atoms with Gasteiger partial charge in [-0.2, -0.15) is 13.2 Å². The minimum absolute atomic E-state index is 0.0221. The summed E-state index contributed by atoms with van der Waals surface area (Å²) in [7, 11) is 3.68. The van der Waals surface area contributed by atoms with E-state index in [1.54, 1.807) is 0 Å². The van der Waals surface area contributed by atoms with Crippen LogP contribution < -0.4 is 76.1 Å². The van der Waals surface area contributed by atoms with Crippen molar-refractivity contribution < 1.29 is 95.9 Å². The monoisotopic (exact) mass is 1260 g/mol. The number of hydrogen-bond donors (Lipinski definition) is 18. The normalized spacial score (nSPS) is 16.3. The molecular formula is C50H88F3N17O17. The maximum absolute atomic E-state index is 14.0. The third-order valence-corrected chi connectivity index (χ3v) is 12.7. The first-order valence-electron chi connectivity index (χ1n) is 27.7. The van der Waals surface area contributed by atoms with Gasteiger partial charge in [-0.3, -0.25) is 62.5 Å². The lowest BCUT2D eigenvalue weighted by atomic mass is 10.0. The van der Waals surface area contributed by atoms with Gasteiger partial charge in [0, 0.05) is 13.1 Å². The molecule has 0 radical (unpaired) electrons. The molecule has 1 saturated heterocycles. The number of aliphatic imine (C=N–C) groups is 1. The molecular weight excluding hydrogens is 1170 g/mol. The molecule has 0 aromatic carbocycles. The Balaban J connectivity index is 0.00000989. The number of likely N-dealkylation sites (tertiary alicyclic amines) is 1. The van der Waals surface area contributed by atoms with Crippen LogP contribution in [0.3, 0.4) is 0 Å². The van der Waals surface area contributed by atoms with Crippen LogP contribution in [0.4, 0.5) is 13.2 Å². The summed E-state index contributed by atoms with van der Waals surface area (Å²) in [6.07, 6.45) is -3.40. The molecule has 11 amide bonds. The number of nitrogens with one attached hydrogen (secondary N) is 10. The first kappa shape index (κ1) is 79.0. The van der Waals surface area contributed by atoms with Crippen molar-refractivity contribution in [2.24, 2.45) is 27.9 Å². The van der Waals surface area contributed by atoms with Crippen LogP contribution in [0.25, 0.3) is 0 Å². The number of amides is 11. The predicted molar refractivity (Wildman–Crippen MR) is 302 cm³/mol. The van der Waals surface area contributed by atoms with Gasteiger partial charge >= 0.3 is 18.1 Å². The number of carboxylic acid groups (broad SMARTS) is 2. The number of nitrogens with two attached hydrogens (primary N) is 4. The summed E-state index contributed by atoms with van der Waals surface area (Å²) in [6.45, 7) is 5.30. The SMILES string of the molecule is C[C@H](NC(=O)[C@H](C)NC(=O)[C@@H](N)CCCCN)C(=O)N[C@@H](CCCN=C(N)N)C(=O)N[C@@H](CCCCN(C)C)C(=O)N[C@@H](CO)C(=O)N[C@@H](C)C(=O)N1CCC[C@H]1C(=O)N[C@@H](C)C(=O)N[C@H](C(=O)NCC(=O)NCC(=O)O)[C@@H](C)O.O=C(O)C(F)(F)F. The Bertz CT molecular complexity index is 2370. The van der Waals surface area contributed by atoms with Crippen LogP contribution in [0, 0.1) is 0 Å². The minimum Gasteiger partial charge on any atom is -0.480 e. The van der Waals surface area contributed by atoms with E-state index in [2.05, 4.69) is 52.8 Å². The van der Waals surface area contributed by atoms with Gasteiger partial charge in [0.05, 0.1) is 25.3 Å². The van der Waals surface area contributed by atoms with Gasteiger partial charge in [0.2, 0.25) is 65.0 Å². The molecule has 0 saturated carbocycles. The quantitative estimate of drug-likeness (QED) is 0.0156. The van der Waals surface area contributed by atoms with E-state index < -0.39 is 169 Å². The summed E-state index contributed by atoms with van der Waals surface area (Å²) >= 11 is 0. The first-order chi connectivity index (χ1) is 40.5. The molecule has 0 spiro atoms. The second-order valence-electron chi connectivity index (χ2n) is 20.5. The molecule has 22 N–H and O–H groups in total. The van der Waals surface area contributed by atoms with E-state index >= 15 is 0 Å². The van der Waals surface area contributed by atoms with E-state index in [-0.39, 0.29) is 44.7 Å². The lowest BCUT2D eigenvalue weighted by Crippen LogP contribution is -2.60. The lowest BCUT2D eigenvalue weighted by molar-refractivity contribution is -0.192. The molecule has 0 aromatic heterocycles. The molecule has 0 aliphatic carbocycles. The Morgan fingerprint density at radius 3 is 1.62 bits per heavy atom. The first-order valence-corrected chi connectivity index (χ1v) is 27.7. The molecule has 11 atom stereocenters. The Morgan fingerprint density at radius 2 is 1.10 bits per heavy atom. The summed E-state index contributed by atoms with van der Waals surface area (Å²) in [4.78, 5) is 172. The summed E-state index contributed by atoms with van der Waals surface area (Å²) in [5, 5.41) is 60.3. The fourth-order valence-corrected chi connectivity index (χ4v) is 7.78. The fraction of sp³-hybridized carbons (Fsp3) is 0.720. The molecule has 87 heavy (non-hydrogen) atoms. The van der Waals surface area contributed by atoms with Gasteiger partial charge < -0.3 is 106 Å². The van der Waals surface area contributed by atoms with Crippen LogP contribution in [-0.2, 0) is 62.3 Å². The molecule has 1 heterocycles. The third-order valence-electron chi connectivity index (χ3n) is 12.7. The predicted octanol–water partition coefficient (Wildman–Crippen LogP) is -7.50. The number of carbonyl (C=O) groups excluding carboxylic acids is 11. The number of carbonyl (C=O) groups is 13. The van der Waals surface area contributed by atoms with E-state index in [1.807, 2.05) is 24.3 Å². The highest BCUT2D eigenvalue weighted by molar-refractivity contribution is 5.99. The Kier molecular flexibility index (Phi) is 36.6. The number of halogens is 3. The van der Waals surface area contributed by atoms with E-state index in [9.17, 15) is 80.9 Å². The van der Waals surface area contributed by atoms with Crippen LogP contribution in [0.5, 0.6) is 0 Å². The van der Waals surface area contributed by atoms with Crippen molar-refractivity contribution in [2.45, 2.75) is 172 Å². The number of aliphatic hydroxyl groups excluding tert-OH is 2. The average Bonchev–Trinajstić information content (AvgIpc) is 2.69. The highest BCUT2D eigenvalue weighted by atomic mass is 19.4. The van der Waals surface area contributed by atoms with Crippen LogP contribution >= 0.6 is 0 Å². The van der Waals surface area contributed by atoms with Crippen LogP contribution in [-0.4, -0.2) is 246 Å². The minimum atomic E-state index is -5.08. The molecule has 37 heteroatoms. The summed E-state index contributed by atoms with van der Waals surface area (Å²) in [5.41, 5.74) is 22.4. The number of alkyl halides is 3. The molecule has 0 aromatic rings. The molecule has 34 nitrogen and oxygen atoms in total.